The van der Waals surface area contributed by atoms with Crippen molar-refractivity contribution in [3.63, 3.8) is 0 Å². The van der Waals surface area contributed by atoms with Crippen LogP contribution in [0.15, 0.2) is 18.2 Å². The molecule has 2 rings (SSSR count). The average molecular weight is 241 g/mol. The van der Waals surface area contributed by atoms with E-state index in [-0.39, 0.29) is 11.0 Å². The van der Waals surface area contributed by atoms with Crippen molar-refractivity contribution in [3.05, 3.63) is 35.3 Å². The molecule has 0 atom stereocenters. The highest BCUT2D eigenvalue weighted by atomic mass is 19.3. The zero-order chi connectivity index (χ0) is 12.8. The van der Waals surface area contributed by atoms with Crippen LogP contribution in [-0.2, 0) is 5.41 Å². The molecule has 1 nitrogen and oxygen atoms in total. The molecule has 0 radical (unpaired) electrons. The topological polar surface area (TPSA) is 15.8 Å². The van der Waals surface area contributed by atoms with Gasteiger partial charge < -0.3 is 4.98 Å². The van der Waals surface area contributed by atoms with Gasteiger partial charge in [0.1, 0.15) is 5.82 Å². The summed E-state index contributed by atoms with van der Waals surface area (Å²) in [4.78, 5) is 3.00. The summed E-state index contributed by atoms with van der Waals surface area (Å²) in [5, 5.41) is 0.395. The van der Waals surface area contributed by atoms with Gasteiger partial charge in [0.2, 0.25) is 0 Å². The molecule has 4 heteroatoms. The molecule has 1 aromatic heterocycles. The largest absolute Gasteiger partial charge is 0.358 e. The Morgan fingerprint density at radius 2 is 1.76 bits per heavy atom. The highest BCUT2D eigenvalue weighted by molar-refractivity contribution is 5.84. The Hall–Kier alpha value is -1.45. The summed E-state index contributed by atoms with van der Waals surface area (Å²) < 4.78 is 38.8. The molecule has 92 valence electrons. The van der Waals surface area contributed by atoms with Crippen LogP contribution in [-0.4, -0.2) is 4.98 Å². The van der Waals surface area contributed by atoms with E-state index in [2.05, 4.69) is 4.98 Å². The lowest BCUT2D eigenvalue weighted by molar-refractivity contribution is 0.152. The Morgan fingerprint density at radius 3 is 2.29 bits per heavy atom. The Labute approximate surface area is 97.6 Å². The molecule has 1 aromatic carbocycles. The van der Waals surface area contributed by atoms with Crippen molar-refractivity contribution >= 4 is 10.9 Å². The molecule has 1 N–H and O–H groups in total. The van der Waals surface area contributed by atoms with Gasteiger partial charge in [-0.15, -0.1) is 0 Å². The molecular formula is C13H14F3N. The van der Waals surface area contributed by atoms with E-state index in [1.807, 2.05) is 20.8 Å². The van der Waals surface area contributed by atoms with Gasteiger partial charge in [-0.05, 0) is 18.2 Å². The summed E-state index contributed by atoms with van der Waals surface area (Å²) in [6.07, 6.45) is -2.67. The standard InChI is InChI=1S/C13H14F3N/c1-13(2,3)11-6-8-9(12(15)16)4-7(14)5-10(8)17-11/h4-6,12,17H,1-3H3. The third kappa shape index (κ3) is 2.16. The van der Waals surface area contributed by atoms with Crippen LogP contribution in [0.1, 0.15) is 38.5 Å². The predicted molar refractivity (Wildman–Crippen MR) is 61.9 cm³/mol. The Morgan fingerprint density at radius 1 is 1.12 bits per heavy atom. The van der Waals surface area contributed by atoms with Crippen molar-refractivity contribution in [1.29, 1.82) is 0 Å². The molecule has 0 amide bonds. The Bertz CT molecular complexity index is 550. The van der Waals surface area contributed by atoms with Crippen LogP contribution in [0.2, 0.25) is 0 Å². The molecule has 0 aliphatic carbocycles. The van der Waals surface area contributed by atoms with Gasteiger partial charge in [-0.1, -0.05) is 20.8 Å². The highest BCUT2D eigenvalue weighted by Gasteiger charge is 2.20. The van der Waals surface area contributed by atoms with E-state index in [0.29, 0.717) is 10.9 Å². The van der Waals surface area contributed by atoms with Crippen LogP contribution in [0.4, 0.5) is 13.2 Å². The lowest BCUT2D eigenvalue weighted by Gasteiger charge is -2.15. The number of rotatable bonds is 1. The minimum Gasteiger partial charge on any atom is -0.358 e. The Balaban J connectivity index is 2.72. The van der Waals surface area contributed by atoms with Crippen LogP contribution in [0.5, 0.6) is 0 Å². The van der Waals surface area contributed by atoms with Gasteiger partial charge in [-0.2, -0.15) is 0 Å². The highest BCUT2D eigenvalue weighted by Crippen LogP contribution is 2.32. The van der Waals surface area contributed by atoms with E-state index in [9.17, 15) is 13.2 Å². The van der Waals surface area contributed by atoms with Crippen LogP contribution < -0.4 is 0 Å². The van der Waals surface area contributed by atoms with Crippen molar-refractivity contribution in [3.8, 4) is 0 Å². The number of halogens is 3. The summed E-state index contributed by atoms with van der Waals surface area (Å²) in [7, 11) is 0. The number of hydrogen-bond donors (Lipinski definition) is 1. The molecule has 17 heavy (non-hydrogen) atoms. The molecule has 0 aliphatic heterocycles. The van der Waals surface area contributed by atoms with Crippen molar-refractivity contribution in [2.45, 2.75) is 32.6 Å². The van der Waals surface area contributed by atoms with Crippen LogP contribution in [0.3, 0.4) is 0 Å². The number of fused-ring (bicyclic) bond motifs is 1. The maximum absolute atomic E-state index is 13.2. The van der Waals surface area contributed by atoms with Crippen LogP contribution >= 0.6 is 0 Å². The summed E-state index contributed by atoms with van der Waals surface area (Å²) in [6.45, 7) is 5.91. The minimum absolute atomic E-state index is 0.186. The SMILES string of the molecule is CC(C)(C)c1cc2c(C(F)F)cc(F)cc2[nH]1. The molecule has 0 aliphatic rings. The smallest absolute Gasteiger partial charge is 0.264 e. The van der Waals surface area contributed by atoms with Crippen molar-refractivity contribution in [2.24, 2.45) is 0 Å². The van der Waals surface area contributed by atoms with E-state index in [1.54, 1.807) is 6.07 Å². The molecule has 1 heterocycles. The summed E-state index contributed by atoms with van der Waals surface area (Å²) in [6, 6.07) is 3.82. The maximum Gasteiger partial charge on any atom is 0.264 e. The first-order valence-electron chi connectivity index (χ1n) is 5.40. The lowest BCUT2D eigenvalue weighted by Crippen LogP contribution is -2.10. The number of aromatic nitrogens is 1. The molecule has 0 saturated heterocycles. The van der Waals surface area contributed by atoms with Gasteiger partial charge >= 0.3 is 0 Å². The van der Waals surface area contributed by atoms with E-state index in [0.717, 1.165) is 11.8 Å². The van der Waals surface area contributed by atoms with Gasteiger partial charge in [0.15, 0.2) is 0 Å². The first kappa shape index (κ1) is 12.0. The van der Waals surface area contributed by atoms with Gasteiger partial charge in [0.25, 0.3) is 6.43 Å². The first-order valence-corrected chi connectivity index (χ1v) is 5.40. The molecule has 0 unspecified atom stereocenters. The van der Waals surface area contributed by atoms with Crippen LogP contribution in [0, 0.1) is 5.82 Å². The molecule has 0 bridgehead atoms. The number of aromatic amines is 1. The van der Waals surface area contributed by atoms with Crippen molar-refractivity contribution < 1.29 is 13.2 Å². The van der Waals surface area contributed by atoms with Crippen molar-refractivity contribution in [1.82, 2.24) is 4.98 Å². The van der Waals surface area contributed by atoms with E-state index in [4.69, 9.17) is 0 Å². The van der Waals surface area contributed by atoms with E-state index < -0.39 is 12.2 Å². The average Bonchev–Trinajstić information content (AvgIpc) is 2.58. The lowest BCUT2D eigenvalue weighted by atomic mass is 9.92. The number of H-pyrrole nitrogens is 1. The van der Waals surface area contributed by atoms with Gasteiger partial charge in [0.05, 0.1) is 0 Å². The fourth-order valence-corrected chi connectivity index (χ4v) is 1.81. The zero-order valence-corrected chi connectivity index (χ0v) is 9.94. The normalized spacial score (nSPS) is 12.6. The number of nitrogens with one attached hydrogen (secondary N) is 1. The van der Waals surface area contributed by atoms with E-state index in [1.165, 1.54) is 6.07 Å². The van der Waals surface area contributed by atoms with Crippen molar-refractivity contribution in [2.75, 3.05) is 0 Å². The predicted octanol–water partition coefficient (Wildman–Crippen LogP) is 4.54. The molecule has 0 saturated carbocycles. The Kier molecular flexibility index (Phi) is 2.68. The maximum atomic E-state index is 13.2. The summed E-state index contributed by atoms with van der Waals surface area (Å²) in [5.41, 5.74) is 0.798. The number of alkyl halides is 2. The fraction of sp³-hybridized carbons (Fsp3) is 0.385. The minimum atomic E-state index is -2.67. The van der Waals surface area contributed by atoms with E-state index >= 15 is 0 Å². The quantitative estimate of drug-likeness (QED) is 0.754. The number of benzene rings is 1. The third-order valence-corrected chi connectivity index (χ3v) is 2.78. The second kappa shape index (κ2) is 3.79. The molecule has 2 aromatic rings. The molecular weight excluding hydrogens is 227 g/mol. The summed E-state index contributed by atoms with van der Waals surface area (Å²) in [5.74, 6) is -0.643. The number of hydrogen-bond acceptors (Lipinski definition) is 0. The summed E-state index contributed by atoms with van der Waals surface area (Å²) >= 11 is 0. The van der Waals surface area contributed by atoms with Gasteiger partial charge in [0, 0.05) is 27.6 Å². The molecule has 0 spiro atoms. The molecule has 0 fully saturated rings. The van der Waals surface area contributed by atoms with Crippen LogP contribution in [0.25, 0.3) is 10.9 Å². The zero-order valence-electron chi connectivity index (χ0n) is 9.94. The second-order valence-electron chi connectivity index (χ2n) is 5.19. The fourth-order valence-electron chi connectivity index (χ4n) is 1.81. The van der Waals surface area contributed by atoms with Gasteiger partial charge in [-0.25, -0.2) is 13.2 Å². The first-order chi connectivity index (χ1) is 7.79. The third-order valence-electron chi connectivity index (χ3n) is 2.78. The monoisotopic (exact) mass is 241 g/mol. The second-order valence-corrected chi connectivity index (χ2v) is 5.19. The van der Waals surface area contributed by atoms with Gasteiger partial charge in [-0.3, -0.25) is 0 Å².